The molecule has 0 radical (unpaired) electrons. The Kier molecular flexibility index (Phi) is 3.95. The number of likely N-dealkylation sites (tertiary alicyclic amines) is 1. The molecule has 0 saturated carbocycles. The van der Waals surface area contributed by atoms with Crippen molar-refractivity contribution in [3.63, 3.8) is 0 Å². The number of fused-ring (bicyclic) bond motifs is 1. The van der Waals surface area contributed by atoms with Gasteiger partial charge in [-0.25, -0.2) is 4.98 Å². The van der Waals surface area contributed by atoms with Crippen LogP contribution < -0.4 is 5.32 Å². The number of piperidine rings is 1. The summed E-state index contributed by atoms with van der Waals surface area (Å²) in [6, 6.07) is 5.83. The Morgan fingerprint density at radius 3 is 2.80 bits per heavy atom. The number of carbonyl (C=O) groups excluding carboxylic acids is 1. The van der Waals surface area contributed by atoms with E-state index in [1.807, 2.05) is 31.1 Å². The quantitative estimate of drug-likeness (QED) is 0.796. The van der Waals surface area contributed by atoms with Gasteiger partial charge in [0.15, 0.2) is 0 Å². The highest BCUT2D eigenvalue weighted by atomic mass is 16.3. The van der Waals surface area contributed by atoms with Crippen molar-refractivity contribution in [2.24, 2.45) is 0 Å². The highest BCUT2D eigenvalue weighted by molar-refractivity contribution is 5.95. The zero-order valence-corrected chi connectivity index (χ0v) is 14.5. The molecule has 0 atom stereocenters. The van der Waals surface area contributed by atoms with Crippen LogP contribution in [0.3, 0.4) is 0 Å². The minimum Gasteiger partial charge on any atom is -0.469 e. The van der Waals surface area contributed by atoms with Gasteiger partial charge in [-0.15, -0.1) is 0 Å². The van der Waals surface area contributed by atoms with E-state index in [1.54, 1.807) is 12.3 Å². The molecule has 1 saturated heterocycles. The van der Waals surface area contributed by atoms with Crippen LogP contribution in [0.5, 0.6) is 0 Å². The molecule has 3 aromatic rings. The fraction of sp³-hybridized carbons (Fsp3) is 0.368. The lowest BCUT2D eigenvalue weighted by Gasteiger charge is -2.31. The van der Waals surface area contributed by atoms with Crippen LogP contribution >= 0.6 is 0 Å². The largest absolute Gasteiger partial charge is 0.469 e. The van der Waals surface area contributed by atoms with Crippen molar-refractivity contribution < 1.29 is 9.21 Å². The number of furan rings is 1. The SMILES string of the molecule is CNc1nc(C2CCN(C(=O)c3ccoc3C)CC2)cn2cccc12. The van der Waals surface area contributed by atoms with Crippen LogP contribution in [0.2, 0.25) is 0 Å². The highest BCUT2D eigenvalue weighted by Crippen LogP contribution is 2.29. The van der Waals surface area contributed by atoms with Crippen LogP contribution in [0.1, 0.15) is 40.6 Å². The summed E-state index contributed by atoms with van der Waals surface area (Å²) >= 11 is 0. The molecule has 4 heterocycles. The van der Waals surface area contributed by atoms with Crippen molar-refractivity contribution in [2.45, 2.75) is 25.7 Å². The third-order valence-corrected chi connectivity index (χ3v) is 5.06. The summed E-state index contributed by atoms with van der Waals surface area (Å²) in [4.78, 5) is 19.3. The number of amides is 1. The summed E-state index contributed by atoms with van der Waals surface area (Å²) in [7, 11) is 1.90. The normalized spacial score (nSPS) is 15.7. The smallest absolute Gasteiger partial charge is 0.257 e. The van der Waals surface area contributed by atoms with Crippen LogP contribution in [0.25, 0.3) is 5.52 Å². The summed E-state index contributed by atoms with van der Waals surface area (Å²) in [6.07, 6.45) is 7.57. The van der Waals surface area contributed by atoms with Crippen LogP contribution in [0, 0.1) is 6.92 Å². The molecule has 1 aliphatic heterocycles. The molecule has 0 unspecified atom stereocenters. The summed E-state index contributed by atoms with van der Waals surface area (Å²) < 4.78 is 7.37. The minimum atomic E-state index is 0.0643. The average Bonchev–Trinajstić information content (AvgIpc) is 3.29. The van der Waals surface area contributed by atoms with E-state index in [2.05, 4.69) is 22.0 Å². The van der Waals surface area contributed by atoms with Crippen molar-refractivity contribution in [3.8, 4) is 0 Å². The molecule has 0 aromatic carbocycles. The molecule has 6 nitrogen and oxygen atoms in total. The van der Waals surface area contributed by atoms with E-state index in [4.69, 9.17) is 9.40 Å². The van der Waals surface area contributed by atoms with Crippen molar-refractivity contribution in [1.29, 1.82) is 0 Å². The number of aryl methyl sites for hydroxylation is 1. The van der Waals surface area contributed by atoms with Gasteiger partial charge in [0.2, 0.25) is 0 Å². The highest BCUT2D eigenvalue weighted by Gasteiger charge is 2.27. The van der Waals surface area contributed by atoms with E-state index in [-0.39, 0.29) is 5.91 Å². The predicted octanol–water partition coefficient (Wildman–Crippen LogP) is 3.30. The third-order valence-electron chi connectivity index (χ3n) is 5.06. The molecule has 0 aliphatic carbocycles. The molecule has 0 bridgehead atoms. The first kappa shape index (κ1) is 15.7. The monoisotopic (exact) mass is 338 g/mol. The first-order valence-electron chi connectivity index (χ1n) is 8.66. The number of carbonyl (C=O) groups is 1. The van der Waals surface area contributed by atoms with E-state index < -0.39 is 0 Å². The number of anilines is 1. The Balaban J connectivity index is 1.50. The van der Waals surface area contributed by atoms with Crippen LogP contribution in [-0.2, 0) is 0 Å². The van der Waals surface area contributed by atoms with Crippen molar-refractivity contribution in [2.75, 3.05) is 25.5 Å². The second-order valence-corrected chi connectivity index (χ2v) is 6.52. The second kappa shape index (κ2) is 6.27. The lowest BCUT2D eigenvalue weighted by Crippen LogP contribution is -2.38. The zero-order chi connectivity index (χ0) is 17.4. The standard InChI is InChI=1S/C19H22N4O2/c1-13-15(7-11-25-13)19(24)22-9-5-14(6-10-22)16-12-23-8-3-4-17(23)18(20-2)21-16/h3-4,7-8,11-12,14H,5-6,9-10H2,1-2H3,(H,20,21). The van der Waals surface area contributed by atoms with Crippen LogP contribution in [0.4, 0.5) is 5.82 Å². The summed E-state index contributed by atoms with van der Waals surface area (Å²) in [6.45, 7) is 3.32. The van der Waals surface area contributed by atoms with Crippen molar-refractivity contribution in [1.82, 2.24) is 14.3 Å². The number of nitrogens with one attached hydrogen (secondary N) is 1. The average molecular weight is 338 g/mol. The molecule has 1 N–H and O–H groups in total. The molecular formula is C19H22N4O2. The number of nitrogens with zero attached hydrogens (tertiary/aromatic N) is 3. The molecule has 1 amide bonds. The Morgan fingerprint density at radius 2 is 2.12 bits per heavy atom. The lowest BCUT2D eigenvalue weighted by atomic mass is 9.93. The van der Waals surface area contributed by atoms with Crippen LogP contribution in [0.15, 0.2) is 41.3 Å². The second-order valence-electron chi connectivity index (χ2n) is 6.52. The van der Waals surface area contributed by atoms with E-state index >= 15 is 0 Å². The van der Waals surface area contributed by atoms with Gasteiger partial charge >= 0.3 is 0 Å². The molecular weight excluding hydrogens is 316 g/mol. The fourth-order valence-electron chi connectivity index (χ4n) is 3.60. The maximum atomic E-state index is 12.6. The number of hydrogen-bond acceptors (Lipinski definition) is 4. The Bertz CT molecular complexity index is 903. The van der Waals surface area contributed by atoms with Gasteiger partial charge in [-0.1, -0.05) is 0 Å². The maximum absolute atomic E-state index is 12.6. The number of aromatic nitrogens is 2. The first-order chi connectivity index (χ1) is 12.2. The first-order valence-corrected chi connectivity index (χ1v) is 8.66. The lowest BCUT2D eigenvalue weighted by molar-refractivity contribution is 0.0710. The van der Waals surface area contributed by atoms with Gasteiger partial charge in [0.1, 0.15) is 11.6 Å². The predicted molar refractivity (Wildman–Crippen MR) is 96.1 cm³/mol. The summed E-state index contributed by atoms with van der Waals surface area (Å²) in [5.74, 6) is 2.02. The maximum Gasteiger partial charge on any atom is 0.257 e. The molecule has 0 spiro atoms. The summed E-state index contributed by atoms with van der Waals surface area (Å²) in [5, 5.41) is 3.18. The van der Waals surface area contributed by atoms with E-state index in [9.17, 15) is 4.79 Å². The zero-order valence-electron chi connectivity index (χ0n) is 14.5. The number of hydrogen-bond donors (Lipinski definition) is 1. The molecule has 6 heteroatoms. The molecule has 130 valence electrons. The fourth-order valence-corrected chi connectivity index (χ4v) is 3.60. The van der Waals surface area contributed by atoms with Crippen molar-refractivity contribution >= 4 is 17.2 Å². The molecule has 1 fully saturated rings. The summed E-state index contributed by atoms with van der Waals surface area (Å²) in [5.41, 5.74) is 2.83. The number of rotatable bonds is 3. The Labute approximate surface area is 146 Å². The Hall–Kier alpha value is -2.76. The van der Waals surface area contributed by atoms with Gasteiger partial charge < -0.3 is 19.0 Å². The van der Waals surface area contributed by atoms with E-state index in [0.717, 1.165) is 43.0 Å². The van der Waals surface area contributed by atoms with E-state index in [1.165, 1.54) is 0 Å². The van der Waals surface area contributed by atoms with Gasteiger partial charge in [0, 0.05) is 38.4 Å². The van der Waals surface area contributed by atoms with Gasteiger partial charge in [0.05, 0.1) is 23.0 Å². The van der Waals surface area contributed by atoms with Gasteiger partial charge in [-0.2, -0.15) is 0 Å². The van der Waals surface area contributed by atoms with Gasteiger partial charge in [-0.05, 0) is 38.0 Å². The third kappa shape index (κ3) is 2.77. The minimum absolute atomic E-state index is 0.0643. The molecule has 25 heavy (non-hydrogen) atoms. The van der Waals surface area contributed by atoms with Crippen molar-refractivity contribution in [3.05, 3.63) is 53.9 Å². The van der Waals surface area contributed by atoms with E-state index in [0.29, 0.717) is 17.2 Å². The molecule has 4 rings (SSSR count). The van der Waals surface area contributed by atoms with Gasteiger partial charge in [0.25, 0.3) is 5.91 Å². The van der Waals surface area contributed by atoms with Crippen LogP contribution in [-0.4, -0.2) is 40.3 Å². The molecule has 3 aromatic heterocycles. The Morgan fingerprint density at radius 1 is 1.32 bits per heavy atom. The van der Waals surface area contributed by atoms with Gasteiger partial charge in [-0.3, -0.25) is 4.79 Å². The molecule has 1 aliphatic rings. The topological polar surface area (TPSA) is 62.8 Å².